The van der Waals surface area contributed by atoms with Crippen LogP contribution in [0.3, 0.4) is 0 Å². The predicted molar refractivity (Wildman–Crippen MR) is 134 cm³/mol. The molecule has 3 aromatic rings. The SMILES string of the molecule is N#Cc1cccc(C(=O)N2CC[C@H](/C=C(/CCc3ccccc3F)c3ccc(C#N)c(Cl)c3)C2)c1. The second-order valence-electron chi connectivity index (χ2n) is 8.58. The lowest BCUT2D eigenvalue weighted by atomic mass is 9.93. The second-order valence-corrected chi connectivity index (χ2v) is 8.99. The van der Waals surface area contributed by atoms with Gasteiger partial charge in [-0.1, -0.05) is 48.0 Å². The van der Waals surface area contributed by atoms with Gasteiger partial charge in [0.25, 0.3) is 5.91 Å². The van der Waals surface area contributed by atoms with Crippen LogP contribution in [-0.2, 0) is 6.42 Å². The fourth-order valence-corrected chi connectivity index (χ4v) is 4.62. The number of carbonyl (C=O) groups excluding carboxylic acids is 1. The van der Waals surface area contributed by atoms with Crippen molar-refractivity contribution in [3.05, 3.63) is 111 Å². The summed E-state index contributed by atoms with van der Waals surface area (Å²) in [6, 6.07) is 23.0. The van der Waals surface area contributed by atoms with Crippen LogP contribution in [0.2, 0.25) is 5.02 Å². The number of hydrogen-bond donors (Lipinski definition) is 0. The molecule has 4 rings (SSSR count). The number of allylic oxidation sites excluding steroid dienone is 1. The van der Waals surface area contributed by atoms with Gasteiger partial charge < -0.3 is 4.90 Å². The molecule has 1 aliphatic rings. The number of amides is 1. The van der Waals surface area contributed by atoms with E-state index < -0.39 is 0 Å². The van der Waals surface area contributed by atoms with Gasteiger partial charge >= 0.3 is 0 Å². The quantitative estimate of drug-likeness (QED) is 0.407. The van der Waals surface area contributed by atoms with E-state index in [0.717, 1.165) is 17.6 Å². The average molecular weight is 484 g/mol. The molecule has 4 nitrogen and oxygen atoms in total. The molecule has 0 aromatic heterocycles. The molecule has 174 valence electrons. The van der Waals surface area contributed by atoms with Crippen molar-refractivity contribution in [3.63, 3.8) is 0 Å². The van der Waals surface area contributed by atoms with Gasteiger partial charge in [-0.3, -0.25) is 4.79 Å². The van der Waals surface area contributed by atoms with Gasteiger partial charge in [-0.25, -0.2) is 4.39 Å². The van der Waals surface area contributed by atoms with Crippen LogP contribution in [0.15, 0.2) is 72.8 Å². The molecule has 3 aromatic carbocycles. The Morgan fingerprint density at radius 3 is 2.63 bits per heavy atom. The first-order valence-electron chi connectivity index (χ1n) is 11.4. The van der Waals surface area contributed by atoms with Crippen LogP contribution in [-0.4, -0.2) is 23.9 Å². The zero-order valence-corrected chi connectivity index (χ0v) is 19.8. The van der Waals surface area contributed by atoms with Crippen molar-refractivity contribution in [2.24, 2.45) is 5.92 Å². The van der Waals surface area contributed by atoms with E-state index in [1.165, 1.54) is 6.07 Å². The molecule has 1 atom stereocenters. The van der Waals surface area contributed by atoms with E-state index >= 15 is 0 Å². The van der Waals surface area contributed by atoms with E-state index in [4.69, 9.17) is 16.9 Å². The van der Waals surface area contributed by atoms with Crippen molar-refractivity contribution in [2.75, 3.05) is 13.1 Å². The minimum atomic E-state index is -0.234. The molecule has 1 heterocycles. The van der Waals surface area contributed by atoms with Crippen LogP contribution in [0.1, 0.15) is 45.5 Å². The van der Waals surface area contributed by atoms with Crippen LogP contribution < -0.4 is 0 Å². The maximum atomic E-state index is 14.2. The maximum absolute atomic E-state index is 14.2. The molecular weight excluding hydrogens is 461 g/mol. The molecule has 0 spiro atoms. The van der Waals surface area contributed by atoms with Gasteiger partial charge in [0.1, 0.15) is 11.9 Å². The Morgan fingerprint density at radius 1 is 1.06 bits per heavy atom. The summed E-state index contributed by atoms with van der Waals surface area (Å²) in [5.41, 5.74) is 3.90. The molecule has 0 bridgehead atoms. The first kappa shape index (κ1) is 24.2. The lowest BCUT2D eigenvalue weighted by Crippen LogP contribution is -2.28. The molecule has 1 amide bonds. The number of carbonyl (C=O) groups is 1. The molecule has 1 fully saturated rings. The highest BCUT2D eigenvalue weighted by molar-refractivity contribution is 6.31. The smallest absolute Gasteiger partial charge is 0.253 e. The molecular formula is C29H23ClFN3O. The van der Waals surface area contributed by atoms with Crippen LogP contribution >= 0.6 is 11.6 Å². The Balaban J connectivity index is 1.56. The molecule has 35 heavy (non-hydrogen) atoms. The summed E-state index contributed by atoms with van der Waals surface area (Å²) < 4.78 is 14.2. The maximum Gasteiger partial charge on any atom is 0.253 e. The Hall–Kier alpha value is -3.93. The minimum absolute atomic E-state index is 0.0904. The molecule has 6 heteroatoms. The monoisotopic (exact) mass is 483 g/mol. The molecule has 0 radical (unpaired) electrons. The van der Waals surface area contributed by atoms with Gasteiger partial charge in [-0.05, 0) is 78.3 Å². The topological polar surface area (TPSA) is 67.9 Å². The van der Waals surface area contributed by atoms with Crippen molar-refractivity contribution >= 4 is 23.1 Å². The van der Waals surface area contributed by atoms with Crippen molar-refractivity contribution in [1.82, 2.24) is 4.90 Å². The summed E-state index contributed by atoms with van der Waals surface area (Å²) in [6.45, 7) is 1.17. The Labute approximate surface area is 209 Å². The van der Waals surface area contributed by atoms with Gasteiger partial charge in [0, 0.05) is 18.7 Å². The van der Waals surface area contributed by atoms with E-state index in [-0.39, 0.29) is 17.6 Å². The van der Waals surface area contributed by atoms with E-state index in [1.807, 2.05) is 12.1 Å². The average Bonchev–Trinajstić information content (AvgIpc) is 3.35. The first-order chi connectivity index (χ1) is 17.0. The lowest BCUT2D eigenvalue weighted by Gasteiger charge is -2.17. The molecule has 1 saturated heterocycles. The summed E-state index contributed by atoms with van der Waals surface area (Å²) in [5.74, 6) is -0.197. The van der Waals surface area contributed by atoms with Gasteiger partial charge in [-0.2, -0.15) is 10.5 Å². The minimum Gasteiger partial charge on any atom is -0.338 e. The van der Waals surface area contributed by atoms with Crippen molar-refractivity contribution < 1.29 is 9.18 Å². The molecule has 0 unspecified atom stereocenters. The number of likely N-dealkylation sites (tertiary alicyclic amines) is 1. The van der Waals surface area contributed by atoms with Gasteiger partial charge in [0.05, 0.1) is 22.2 Å². The predicted octanol–water partition coefficient (Wildman–Crippen LogP) is 6.40. The summed E-state index contributed by atoms with van der Waals surface area (Å²) in [7, 11) is 0. The fraction of sp³-hybridized carbons (Fsp3) is 0.207. The lowest BCUT2D eigenvalue weighted by molar-refractivity contribution is 0.0789. The normalized spacial score (nSPS) is 15.5. The van der Waals surface area contributed by atoms with Gasteiger partial charge in [-0.15, -0.1) is 0 Å². The number of rotatable bonds is 6. The van der Waals surface area contributed by atoms with Crippen molar-refractivity contribution in [2.45, 2.75) is 19.3 Å². The third-order valence-corrected chi connectivity index (χ3v) is 6.58. The molecule has 0 aliphatic carbocycles. The van der Waals surface area contributed by atoms with Crippen molar-refractivity contribution in [3.8, 4) is 12.1 Å². The number of nitriles is 2. The van der Waals surface area contributed by atoms with Crippen LogP contribution in [0.4, 0.5) is 4.39 Å². The number of hydrogen-bond acceptors (Lipinski definition) is 3. The highest BCUT2D eigenvalue weighted by atomic mass is 35.5. The number of aryl methyl sites for hydroxylation is 1. The van der Waals surface area contributed by atoms with Crippen LogP contribution in [0.5, 0.6) is 0 Å². The second kappa shape index (κ2) is 11.0. The molecule has 0 N–H and O–H groups in total. The highest BCUT2D eigenvalue weighted by Gasteiger charge is 2.26. The Kier molecular flexibility index (Phi) is 7.60. The van der Waals surface area contributed by atoms with E-state index in [1.54, 1.807) is 53.4 Å². The first-order valence-corrected chi connectivity index (χ1v) is 11.8. The van der Waals surface area contributed by atoms with Crippen molar-refractivity contribution in [1.29, 1.82) is 10.5 Å². The van der Waals surface area contributed by atoms with Gasteiger partial charge in [0.15, 0.2) is 0 Å². The zero-order chi connectivity index (χ0) is 24.8. The molecule has 1 aliphatic heterocycles. The molecule has 0 saturated carbocycles. The number of halogens is 2. The summed E-state index contributed by atoms with van der Waals surface area (Å²) >= 11 is 6.30. The van der Waals surface area contributed by atoms with E-state index in [0.29, 0.717) is 53.2 Å². The number of nitrogens with zero attached hydrogens (tertiary/aromatic N) is 3. The van der Waals surface area contributed by atoms with Crippen LogP contribution in [0, 0.1) is 34.4 Å². The standard InChI is InChI=1S/C29H23ClFN3O/c30-27-16-24(10-11-26(27)18-33)23(9-8-22-5-1-2-7-28(22)31)15-21-12-13-34(19-21)29(35)25-6-3-4-20(14-25)17-32/h1-7,10-11,14-16,21H,8-9,12-13,19H2/b23-15-/t21-/m1/s1. The van der Waals surface area contributed by atoms with Crippen LogP contribution in [0.25, 0.3) is 5.57 Å². The largest absolute Gasteiger partial charge is 0.338 e. The summed E-state index contributed by atoms with van der Waals surface area (Å²) in [6.07, 6.45) is 4.07. The van der Waals surface area contributed by atoms with Gasteiger partial charge in [0.2, 0.25) is 0 Å². The Bertz CT molecular complexity index is 1370. The fourth-order valence-electron chi connectivity index (χ4n) is 4.40. The zero-order valence-electron chi connectivity index (χ0n) is 19.0. The Morgan fingerprint density at radius 2 is 1.89 bits per heavy atom. The summed E-state index contributed by atoms with van der Waals surface area (Å²) in [5, 5.41) is 18.7. The van der Waals surface area contributed by atoms with E-state index in [9.17, 15) is 14.4 Å². The third kappa shape index (κ3) is 5.77. The highest BCUT2D eigenvalue weighted by Crippen LogP contribution is 2.30. The number of benzene rings is 3. The third-order valence-electron chi connectivity index (χ3n) is 6.27. The summed E-state index contributed by atoms with van der Waals surface area (Å²) in [4.78, 5) is 14.8. The van der Waals surface area contributed by atoms with E-state index in [2.05, 4.69) is 18.2 Å².